The lowest BCUT2D eigenvalue weighted by molar-refractivity contribution is -0.137. The molecule has 0 aromatic heterocycles. The quantitative estimate of drug-likeness (QED) is 0.837. The van der Waals surface area contributed by atoms with Gasteiger partial charge in [0.25, 0.3) is 0 Å². The molecule has 0 saturated carbocycles. The molecule has 3 nitrogen and oxygen atoms in total. The van der Waals surface area contributed by atoms with Crippen LogP contribution in [-0.2, 0) is 4.79 Å². The smallest absolute Gasteiger partial charge is 0.303 e. The second kappa shape index (κ2) is 5.82. The first-order valence-corrected chi connectivity index (χ1v) is 5.29. The Balaban J connectivity index is 2.90. The normalized spacial score (nSPS) is 12.4. The Morgan fingerprint density at radius 2 is 2.25 bits per heavy atom. The number of halogens is 2. The molecule has 0 heterocycles. The number of hydrogen-bond acceptors (Lipinski definition) is 2. The Morgan fingerprint density at radius 1 is 1.56 bits per heavy atom. The predicted molar refractivity (Wildman–Crippen MR) is 60.1 cm³/mol. The fraction of sp³-hybridized carbons (Fsp3) is 0.364. The predicted octanol–water partition coefficient (Wildman–Crippen LogP) is 2.39. The summed E-state index contributed by atoms with van der Waals surface area (Å²) in [6.07, 6.45) is 0.235. The molecule has 0 saturated heterocycles. The monoisotopic (exact) mass is 245 g/mol. The van der Waals surface area contributed by atoms with Gasteiger partial charge in [-0.2, -0.15) is 0 Å². The molecule has 0 bridgehead atoms. The first kappa shape index (κ1) is 12.9. The zero-order valence-corrected chi connectivity index (χ0v) is 9.38. The van der Waals surface area contributed by atoms with Crippen LogP contribution >= 0.6 is 11.6 Å². The number of carboxylic acids is 1. The number of benzene rings is 1. The molecule has 5 heteroatoms. The van der Waals surface area contributed by atoms with Crippen LogP contribution in [0.3, 0.4) is 0 Å². The zero-order chi connectivity index (χ0) is 12.1. The van der Waals surface area contributed by atoms with Crippen LogP contribution in [0.4, 0.5) is 4.39 Å². The van der Waals surface area contributed by atoms with Crippen LogP contribution in [0, 0.1) is 5.82 Å². The van der Waals surface area contributed by atoms with Crippen molar-refractivity contribution < 1.29 is 14.3 Å². The first-order valence-electron chi connectivity index (χ1n) is 4.92. The molecule has 1 unspecified atom stereocenters. The second-order valence-corrected chi connectivity index (χ2v) is 3.91. The van der Waals surface area contributed by atoms with Gasteiger partial charge in [-0.25, -0.2) is 4.39 Å². The maximum absolute atomic E-state index is 13.5. The third kappa shape index (κ3) is 3.18. The molecule has 0 aliphatic carbocycles. The summed E-state index contributed by atoms with van der Waals surface area (Å²) < 4.78 is 13.5. The average Bonchev–Trinajstić information content (AvgIpc) is 2.22. The highest BCUT2D eigenvalue weighted by molar-refractivity contribution is 6.31. The summed E-state index contributed by atoms with van der Waals surface area (Å²) in [6.45, 7) is 0.175. The van der Waals surface area contributed by atoms with E-state index in [1.54, 1.807) is 6.07 Å². The summed E-state index contributed by atoms with van der Waals surface area (Å²) in [4.78, 5) is 10.5. The first-order chi connectivity index (χ1) is 7.56. The minimum Gasteiger partial charge on any atom is -0.481 e. The number of carboxylic acid groups (broad SMARTS) is 1. The van der Waals surface area contributed by atoms with E-state index >= 15 is 0 Å². The van der Waals surface area contributed by atoms with E-state index in [1.807, 2.05) is 0 Å². The lowest BCUT2D eigenvalue weighted by atomic mass is 9.94. The van der Waals surface area contributed by atoms with Gasteiger partial charge in [-0.15, -0.1) is 0 Å². The van der Waals surface area contributed by atoms with Crippen molar-refractivity contribution in [3.05, 3.63) is 34.6 Å². The van der Waals surface area contributed by atoms with Crippen LogP contribution in [0.25, 0.3) is 0 Å². The Labute approximate surface area is 98.0 Å². The number of nitrogens with two attached hydrogens (primary N) is 1. The summed E-state index contributed by atoms with van der Waals surface area (Å²) in [7, 11) is 0. The van der Waals surface area contributed by atoms with Crippen LogP contribution in [-0.4, -0.2) is 17.6 Å². The molecule has 0 aliphatic rings. The maximum atomic E-state index is 13.5. The molecule has 88 valence electrons. The van der Waals surface area contributed by atoms with E-state index in [2.05, 4.69) is 0 Å². The standard InChI is InChI=1S/C11H13ClFNO2/c12-8-2-1-3-9(13)11(8)7(6-14)4-5-10(15)16/h1-3,7H,4-6,14H2,(H,15,16). The SMILES string of the molecule is NCC(CCC(=O)O)c1c(F)cccc1Cl. The number of rotatable bonds is 5. The summed E-state index contributed by atoms with van der Waals surface area (Å²) in [6, 6.07) is 4.37. The summed E-state index contributed by atoms with van der Waals surface area (Å²) in [5.74, 6) is -1.72. The molecule has 0 aliphatic heterocycles. The van der Waals surface area contributed by atoms with Gasteiger partial charge >= 0.3 is 5.97 Å². The lowest BCUT2D eigenvalue weighted by Gasteiger charge is -2.16. The van der Waals surface area contributed by atoms with E-state index in [4.69, 9.17) is 22.4 Å². The third-order valence-corrected chi connectivity index (χ3v) is 2.73. The zero-order valence-electron chi connectivity index (χ0n) is 8.62. The Morgan fingerprint density at radius 3 is 2.75 bits per heavy atom. The van der Waals surface area contributed by atoms with Gasteiger partial charge in [0.15, 0.2) is 0 Å². The molecular formula is C11H13ClFNO2. The maximum Gasteiger partial charge on any atom is 0.303 e. The Hall–Kier alpha value is -1.13. The van der Waals surface area contributed by atoms with Gasteiger partial charge < -0.3 is 10.8 Å². The largest absolute Gasteiger partial charge is 0.481 e. The molecule has 16 heavy (non-hydrogen) atoms. The molecule has 0 spiro atoms. The summed E-state index contributed by atoms with van der Waals surface area (Å²) in [5, 5.41) is 8.87. The second-order valence-electron chi connectivity index (χ2n) is 3.50. The van der Waals surface area contributed by atoms with Gasteiger partial charge in [-0.3, -0.25) is 4.79 Å². The minimum absolute atomic E-state index is 0.0491. The third-order valence-electron chi connectivity index (χ3n) is 2.40. The fourth-order valence-electron chi connectivity index (χ4n) is 1.58. The van der Waals surface area contributed by atoms with E-state index in [0.717, 1.165) is 0 Å². The summed E-state index contributed by atoms with van der Waals surface area (Å²) >= 11 is 5.88. The topological polar surface area (TPSA) is 63.3 Å². The van der Waals surface area contributed by atoms with Crippen molar-refractivity contribution in [2.75, 3.05) is 6.54 Å². The van der Waals surface area contributed by atoms with Crippen LogP contribution in [0.1, 0.15) is 24.3 Å². The Kier molecular flexibility index (Phi) is 4.71. The molecule has 1 rings (SSSR count). The van der Waals surface area contributed by atoms with Gasteiger partial charge in [0.05, 0.1) is 0 Å². The van der Waals surface area contributed by atoms with Crippen molar-refractivity contribution in [2.24, 2.45) is 5.73 Å². The Bertz CT molecular complexity index is 364. The molecule has 0 amide bonds. The highest BCUT2D eigenvalue weighted by Crippen LogP contribution is 2.29. The van der Waals surface area contributed by atoms with E-state index in [9.17, 15) is 9.18 Å². The van der Waals surface area contributed by atoms with Crippen LogP contribution in [0.2, 0.25) is 5.02 Å². The summed E-state index contributed by atoms with van der Waals surface area (Å²) in [5.41, 5.74) is 5.82. The highest BCUT2D eigenvalue weighted by atomic mass is 35.5. The van der Waals surface area contributed by atoms with Crippen LogP contribution < -0.4 is 5.73 Å². The molecule has 1 aromatic rings. The average molecular weight is 246 g/mol. The molecular weight excluding hydrogens is 233 g/mol. The highest BCUT2D eigenvalue weighted by Gasteiger charge is 2.18. The molecule has 1 atom stereocenters. The molecule has 0 radical (unpaired) electrons. The lowest BCUT2D eigenvalue weighted by Crippen LogP contribution is -2.15. The van der Waals surface area contributed by atoms with E-state index in [-0.39, 0.29) is 25.3 Å². The van der Waals surface area contributed by atoms with E-state index in [0.29, 0.717) is 10.6 Å². The number of hydrogen-bond donors (Lipinski definition) is 2. The van der Waals surface area contributed by atoms with Crippen LogP contribution in [0.15, 0.2) is 18.2 Å². The number of carbonyl (C=O) groups is 1. The van der Waals surface area contributed by atoms with Crippen molar-refractivity contribution >= 4 is 17.6 Å². The van der Waals surface area contributed by atoms with Crippen LogP contribution in [0.5, 0.6) is 0 Å². The van der Waals surface area contributed by atoms with Crippen molar-refractivity contribution in [1.29, 1.82) is 0 Å². The van der Waals surface area contributed by atoms with Crippen molar-refractivity contribution in [2.45, 2.75) is 18.8 Å². The van der Waals surface area contributed by atoms with E-state index < -0.39 is 11.8 Å². The minimum atomic E-state index is -0.925. The van der Waals surface area contributed by atoms with Crippen molar-refractivity contribution in [1.82, 2.24) is 0 Å². The molecule has 0 fully saturated rings. The van der Waals surface area contributed by atoms with Gasteiger partial charge in [0.1, 0.15) is 5.82 Å². The molecule has 3 N–H and O–H groups in total. The molecule has 1 aromatic carbocycles. The fourth-order valence-corrected chi connectivity index (χ4v) is 1.90. The van der Waals surface area contributed by atoms with Gasteiger partial charge in [-0.05, 0) is 25.1 Å². The van der Waals surface area contributed by atoms with Gasteiger partial charge in [-0.1, -0.05) is 17.7 Å². The van der Waals surface area contributed by atoms with Gasteiger partial charge in [0.2, 0.25) is 0 Å². The van der Waals surface area contributed by atoms with Crippen molar-refractivity contribution in [3.8, 4) is 0 Å². The van der Waals surface area contributed by atoms with E-state index in [1.165, 1.54) is 12.1 Å². The van der Waals surface area contributed by atoms with Crippen molar-refractivity contribution in [3.63, 3.8) is 0 Å². The van der Waals surface area contributed by atoms with Gasteiger partial charge in [0, 0.05) is 22.9 Å². The number of aliphatic carboxylic acids is 1.